The molecule has 5 nitrogen and oxygen atoms in total. The van der Waals surface area contributed by atoms with E-state index in [1.54, 1.807) is 6.20 Å². The third kappa shape index (κ3) is 3.45. The Bertz CT molecular complexity index is 907. The van der Waals surface area contributed by atoms with Gasteiger partial charge in [0.1, 0.15) is 0 Å². The monoisotopic (exact) mass is 377 g/mol. The van der Waals surface area contributed by atoms with Crippen LogP contribution in [0.5, 0.6) is 0 Å². The van der Waals surface area contributed by atoms with Crippen molar-refractivity contribution in [3.63, 3.8) is 0 Å². The molecule has 1 N–H and O–H groups in total. The zero-order chi connectivity index (χ0) is 18.8. The van der Waals surface area contributed by atoms with Crippen LogP contribution in [0.3, 0.4) is 0 Å². The van der Waals surface area contributed by atoms with E-state index in [1.165, 1.54) is 11.3 Å². The second-order valence-corrected chi connectivity index (χ2v) is 7.44. The molecule has 1 aliphatic heterocycles. The van der Waals surface area contributed by atoms with Crippen molar-refractivity contribution in [2.45, 2.75) is 38.5 Å². The zero-order valence-electron chi connectivity index (χ0n) is 15.5. The van der Waals surface area contributed by atoms with E-state index >= 15 is 0 Å². The molecule has 1 aliphatic rings. The summed E-state index contributed by atoms with van der Waals surface area (Å²) in [6.45, 7) is 5.13. The van der Waals surface area contributed by atoms with Crippen molar-refractivity contribution in [2.75, 3.05) is 0 Å². The second-order valence-electron chi connectivity index (χ2n) is 7.05. The highest BCUT2D eigenvalue weighted by Crippen LogP contribution is 2.39. The van der Waals surface area contributed by atoms with Gasteiger partial charge in [-0.25, -0.2) is 0 Å². The van der Waals surface area contributed by atoms with Gasteiger partial charge in [0.25, 0.3) is 0 Å². The van der Waals surface area contributed by atoms with E-state index < -0.39 is 0 Å². The molecule has 0 saturated carbocycles. The van der Waals surface area contributed by atoms with Crippen LogP contribution in [-0.4, -0.2) is 30.6 Å². The molecule has 0 radical (unpaired) electrons. The summed E-state index contributed by atoms with van der Waals surface area (Å²) in [5.74, 6) is 0. The van der Waals surface area contributed by atoms with Crippen molar-refractivity contribution >= 4 is 17.3 Å². The number of pyridine rings is 2. The summed E-state index contributed by atoms with van der Waals surface area (Å²) >= 11 is 5.69. The van der Waals surface area contributed by atoms with Crippen LogP contribution in [-0.2, 0) is 6.54 Å². The van der Waals surface area contributed by atoms with Gasteiger partial charge < -0.3 is 14.8 Å². The molecular formula is C21H23N5S. The van der Waals surface area contributed by atoms with E-state index in [4.69, 9.17) is 12.2 Å². The summed E-state index contributed by atoms with van der Waals surface area (Å²) in [6.07, 6.45) is 7.68. The smallest absolute Gasteiger partial charge is 0.170 e. The summed E-state index contributed by atoms with van der Waals surface area (Å²) in [5.41, 5.74) is 3.40. The topological polar surface area (TPSA) is 46.0 Å². The van der Waals surface area contributed by atoms with Gasteiger partial charge in [-0.15, -0.1) is 0 Å². The Morgan fingerprint density at radius 2 is 2.00 bits per heavy atom. The van der Waals surface area contributed by atoms with Crippen LogP contribution in [0.2, 0.25) is 0 Å². The zero-order valence-corrected chi connectivity index (χ0v) is 16.3. The van der Waals surface area contributed by atoms with E-state index in [0.29, 0.717) is 0 Å². The number of hydrogen-bond donors (Lipinski definition) is 1. The van der Waals surface area contributed by atoms with Crippen LogP contribution in [0.25, 0.3) is 0 Å². The molecule has 0 unspecified atom stereocenters. The van der Waals surface area contributed by atoms with Gasteiger partial charge in [-0.2, -0.15) is 0 Å². The van der Waals surface area contributed by atoms with Crippen molar-refractivity contribution in [1.82, 2.24) is 24.8 Å². The van der Waals surface area contributed by atoms with Crippen LogP contribution in [0, 0.1) is 0 Å². The predicted molar refractivity (Wildman–Crippen MR) is 110 cm³/mol. The minimum absolute atomic E-state index is 0.0173. The molecule has 3 aromatic rings. The molecule has 138 valence electrons. The van der Waals surface area contributed by atoms with E-state index in [1.807, 2.05) is 30.6 Å². The van der Waals surface area contributed by atoms with Gasteiger partial charge in [0, 0.05) is 43.1 Å². The third-order valence-electron chi connectivity index (χ3n) is 4.94. The van der Waals surface area contributed by atoms with Crippen molar-refractivity contribution in [3.8, 4) is 0 Å². The van der Waals surface area contributed by atoms with Crippen molar-refractivity contribution in [2.24, 2.45) is 0 Å². The quantitative estimate of drug-likeness (QED) is 0.687. The van der Waals surface area contributed by atoms with E-state index in [9.17, 15) is 0 Å². The molecule has 3 aromatic heterocycles. The minimum atomic E-state index is 0.0173. The molecule has 27 heavy (non-hydrogen) atoms. The molecule has 4 heterocycles. The first-order valence-corrected chi connectivity index (χ1v) is 9.59. The lowest BCUT2D eigenvalue weighted by Gasteiger charge is -2.31. The fraction of sp³-hybridized carbons (Fsp3) is 0.286. The van der Waals surface area contributed by atoms with Gasteiger partial charge in [0.15, 0.2) is 5.11 Å². The standard InChI is InChI=1S/C21H23N5S/c1-15(2)26-20(19(24-21(26)27)17-8-3-4-11-23-17)18-9-6-12-25(18)14-16-7-5-10-22-13-16/h3-13,15,19-20H,14H2,1-2H3,(H,24,27)/t19-,20-/m1/s1. The van der Waals surface area contributed by atoms with Gasteiger partial charge in [-0.3, -0.25) is 9.97 Å². The van der Waals surface area contributed by atoms with E-state index in [2.05, 4.69) is 69.1 Å². The number of aromatic nitrogens is 3. The summed E-state index contributed by atoms with van der Waals surface area (Å²) in [6, 6.07) is 14.8. The van der Waals surface area contributed by atoms with Gasteiger partial charge in [0.05, 0.1) is 17.8 Å². The van der Waals surface area contributed by atoms with Crippen molar-refractivity contribution < 1.29 is 0 Å². The Morgan fingerprint density at radius 1 is 1.11 bits per heavy atom. The predicted octanol–water partition coefficient (Wildman–Crippen LogP) is 3.71. The number of nitrogens with one attached hydrogen (secondary N) is 1. The Hall–Kier alpha value is -2.73. The van der Waals surface area contributed by atoms with Crippen molar-refractivity contribution in [1.29, 1.82) is 0 Å². The number of hydrogen-bond acceptors (Lipinski definition) is 3. The summed E-state index contributed by atoms with van der Waals surface area (Å²) < 4.78 is 2.28. The summed E-state index contributed by atoms with van der Waals surface area (Å²) in [4.78, 5) is 11.1. The Morgan fingerprint density at radius 3 is 2.70 bits per heavy atom. The van der Waals surface area contributed by atoms with Crippen LogP contribution < -0.4 is 5.32 Å². The molecule has 4 rings (SSSR count). The largest absolute Gasteiger partial charge is 0.352 e. The maximum Gasteiger partial charge on any atom is 0.170 e. The highest BCUT2D eigenvalue weighted by molar-refractivity contribution is 7.80. The van der Waals surface area contributed by atoms with Crippen molar-refractivity contribution in [3.05, 3.63) is 84.2 Å². The molecule has 0 bridgehead atoms. The SMILES string of the molecule is CC(C)N1C(=S)N[C@H](c2ccccn2)[C@H]1c1cccn1Cc1cccnc1. The maximum absolute atomic E-state index is 5.69. The molecule has 0 aliphatic carbocycles. The summed E-state index contributed by atoms with van der Waals surface area (Å²) in [7, 11) is 0. The molecular weight excluding hydrogens is 354 g/mol. The molecule has 2 atom stereocenters. The van der Waals surface area contributed by atoms with Crippen LogP contribution in [0.15, 0.2) is 67.3 Å². The van der Waals surface area contributed by atoms with Crippen LogP contribution in [0.1, 0.15) is 42.9 Å². The first kappa shape index (κ1) is 17.7. The Kier molecular flexibility index (Phi) is 4.90. The fourth-order valence-corrected chi connectivity index (χ4v) is 4.22. The van der Waals surface area contributed by atoms with Gasteiger partial charge >= 0.3 is 0 Å². The molecule has 6 heteroatoms. The molecule has 0 aromatic carbocycles. The fourth-order valence-electron chi connectivity index (χ4n) is 3.77. The average Bonchev–Trinajstić information content (AvgIpc) is 3.27. The highest BCUT2D eigenvalue weighted by atomic mass is 32.1. The van der Waals surface area contributed by atoms with Gasteiger partial charge in [0.2, 0.25) is 0 Å². The van der Waals surface area contributed by atoms with Crippen LogP contribution >= 0.6 is 12.2 Å². The van der Waals surface area contributed by atoms with Crippen LogP contribution in [0.4, 0.5) is 0 Å². The average molecular weight is 378 g/mol. The first-order chi connectivity index (χ1) is 13.1. The van der Waals surface area contributed by atoms with Gasteiger partial charge in [-0.1, -0.05) is 12.1 Å². The molecule has 0 spiro atoms. The maximum atomic E-state index is 5.69. The minimum Gasteiger partial charge on any atom is -0.352 e. The lowest BCUT2D eigenvalue weighted by molar-refractivity contribution is 0.259. The number of rotatable bonds is 5. The number of thiocarbonyl (C=S) groups is 1. The molecule has 1 fully saturated rings. The summed E-state index contributed by atoms with van der Waals surface area (Å²) in [5, 5.41) is 4.28. The Balaban J connectivity index is 1.74. The van der Waals surface area contributed by atoms with Gasteiger partial charge in [-0.05, 0) is 62.0 Å². The molecule has 0 amide bonds. The third-order valence-corrected chi connectivity index (χ3v) is 5.26. The molecule has 1 saturated heterocycles. The van der Waals surface area contributed by atoms with E-state index in [0.717, 1.165) is 17.4 Å². The lowest BCUT2D eigenvalue weighted by Crippen LogP contribution is -2.36. The highest BCUT2D eigenvalue weighted by Gasteiger charge is 2.42. The normalized spacial score (nSPS) is 19.5. The number of nitrogens with zero attached hydrogens (tertiary/aromatic N) is 4. The second kappa shape index (κ2) is 7.48. The first-order valence-electron chi connectivity index (χ1n) is 9.19. The Labute approximate surface area is 165 Å². The van der Waals surface area contributed by atoms with E-state index in [-0.39, 0.29) is 18.1 Å². The lowest BCUT2D eigenvalue weighted by atomic mass is 10.0.